The zero-order valence-electron chi connectivity index (χ0n) is 10.4. The Morgan fingerprint density at radius 2 is 2.16 bits per heavy atom. The molecule has 2 aromatic rings. The standard InChI is InChI=1S/C12H14BrN5S/c13-9-4-14-18(5-9)10-6-17(7-10)12-15-11(16-19-12)8-2-1-3-8/h4-5,8,10H,1-3,6-7H2. The van der Waals surface area contributed by atoms with E-state index in [9.17, 15) is 0 Å². The van der Waals surface area contributed by atoms with Gasteiger partial charge in [0.1, 0.15) is 5.82 Å². The molecule has 2 aromatic heterocycles. The van der Waals surface area contributed by atoms with E-state index < -0.39 is 0 Å². The first-order valence-electron chi connectivity index (χ1n) is 6.58. The van der Waals surface area contributed by atoms with Crippen LogP contribution in [-0.2, 0) is 0 Å². The lowest BCUT2D eigenvalue weighted by Gasteiger charge is -2.38. The van der Waals surface area contributed by atoms with Crippen LogP contribution in [0, 0.1) is 0 Å². The van der Waals surface area contributed by atoms with Gasteiger partial charge in [-0.2, -0.15) is 9.47 Å². The summed E-state index contributed by atoms with van der Waals surface area (Å²) < 4.78 is 7.56. The van der Waals surface area contributed by atoms with E-state index in [2.05, 4.69) is 35.3 Å². The summed E-state index contributed by atoms with van der Waals surface area (Å²) in [7, 11) is 0. The van der Waals surface area contributed by atoms with E-state index >= 15 is 0 Å². The average Bonchev–Trinajstić information content (AvgIpc) is 2.85. The highest BCUT2D eigenvalue weighted by Crippen LogP contribution is 2.37. The number of aromatic nitrogens is 4. The van der Waals surface area contributed by atoms with Gasteiger partial charge in [-0.3, -0.25) is 4.68 Å². The molecule has 2 aliphatic rings. The second-order valence-electron chi connectivity index (χ2n) is 5.26. The van der Waals surface area contributed by atoms with Crippen molar-refractivity contribution in [2.75, 3.05) is 18.0 Å². The van der Waals surface area contributed by atoms with Crippen molar-refractivity contribution in [1.82, 2.24) is 19.1 Å². The van der Waals surface area contributed by atoms with Gasteiger partial charge in [0.05, 0.1) is 16.7 Å². The first-order valence-corrected chi connectivity index (χ1v) is 8.14. The van der Waals surface area contributed by atoms with Crippen molar-refractivity contribution in [2.45, 2.75) is 31.2 Å². The monoisotopic (exact) mass is 339 g/mol. The summed E-state index contributed by atoms with van der Waals surface area (Å²) in [6.07, 6.45) is 7.73. The minimum absolute atomic E-state index is 0.461. The Balaban J connectivity index is 1.41. The molecular weight excluding hydrogens is 326 g/mol. The van der Waals surface area contributed by atoms with E-state index in [0.29, 0.717) is 12.0 Å². The predicted molar refractivity (Wildman–Crippen MR) is 77.7 cm³/mol. The molecule has 19 heavy (non-hydrogen) atoms. The third kappa shape index (κ3) is 2.08. The molecule has 1 saturated carbocycles. The first kappa shape index (κ1) is 11.8. The Morgan fingerprint density at radius 3 is 2.79 bits per heavy atom. The van der Waals surface area contributed by atoms with Crippen LogP contribution in [0.4, 0.5) is 5.13 Å². The zero-order valence-corrected chi connectivity index (χ0v) is 12.8. The molecule has 2 fully saturated rings. The van der Waals surface area contributed by atoms with Gasteiger partial charge < -0.3 is 4.90 Å². The van der Waals surface area contributed by atoms with E-state index in [4.69, 9.17) is 0 Å². The van der Waals surface area contributed by atoms with Crippen LogP contribution in [0.1, 0.15) is 37.0 Å². The maximum absolute atomic E-state index is 4.68. The molecule has 0 radical (unpaired) electrons. The molecule has 0 N–H and O–H groups in total. The molecule has 0 atom stereocenters. The van der Waals surface area contributed by atoms with Crippen molar-refractivity contribution in [3.8, 4) is 0 Å². The lowest BCUT2D eigenvalue weighted by atomic mass is 9.85. The van der Waals surface area contributed by atoms with E-state index in [0.717, 1.165) is 28.5 Å². The molecule has 0 bridgehead atoms. The molecule has 1 aliphatic carbocycles. The lowest BCUT2D eigenvalue weighted by molar-refractivity contribution is 0.366. The minimum Gasteiger partial charge on any atom is -0.342 e. The zero-order chi connectivity index (χ0) is 12.8. The lowest BCUT2D eigenvalue weighted by Crippen LogP contribution is -2.48. The molecule has 100 valence electrons. The molecular formula is C12H14BrN5S. The van der Waals surface area contributed by atoms with Gasteiger partial charge in [0, 0.05) is 36.7 Å². The number of halogens is 1. The highest BCUT2D eigenvalue weighted by molar-refractivity contribution is 9.10. The maximum Gasteiger partial charge on any atom is 0.205 e. The van der Waals surface area contributed by atoms with Crippen molar-refractivity contribution in [3.63, 3.8) is 0 Å². The number of nitrogens with zero attached hydrogens (tertiary/aromatic N) is 5. The third-order valence-corrected chi connectivity index (χ3v) is 5.18. The van der Waals surface area contributed by atoms with Crippen molar-refractivity contribution in [1.29, 1.82) is 0 Å². The second-order valence-corrected chi connectivity index (χ2v) is 6.91. The van der Waals surface area contributed by atoms with Crippen LogP contribution in [0.5, 0.6) is 0 Å². The van der Waals surface area contributed by atoms with Gasteiger partial charge in [-0.25, -0.2) is 4.98 Å². The Labute approximate surface area is 123 Å². The molecule has 3 heterocycles. The molecule has 1 aliphatic heterocycles. The normalized spacial score (nSPS) is 20.4. The van der Waals surface area contributed by atoms with Crippen LogP contribution in [0.25, 0.3) is 0 Å². The molecule has 0 unspecified atom stereocenters. The summed E-state index contributed by atoms with van der Waals surface area (Å²) in [6, 6.07) is 0.461. The summed E-state index contributed by atoms with van der Waals surface area (Å²) >= 11 is 4.97. The fourth-order valence-corrected chi connectivity index (χ4v) is 3.55. The van der Waals surface area contributed by atoms with Gasteiger partial charge in [0.25, 0.3) is 0 Å². The number of anilines is 1. The van der Waals surface area contributed by atoms with Gasteiger partial charge in [0.2, 0.25) is 5.13 Å². The summed E-state index contributed by atoms with van der Waals surface area (Å²) in [6.45, 7) is 1.96. The van der Waals surface area contributed by atoms with Gasteiger partial charge in [-0.15, -0.1) is 0 Å². The van der Waals surface area contributed by atoms with E-state index in [-0.39, 0.29) is 0 Å². The first-order chi connectivity index (χ1) is 9.29. The van der Waals surface area contributed by atoms with E-state index in [1.165, 1.54) is 30.8 Å². The molecule has 0 spiro atoms. The Bertz CT molecular complexity index is 584. The quantitative estimate of drug-likeness (QED) is 0.862. The summed E-state index contributed by atoms with van der Waals surface area (Å²) in [5, 5.41) is 5.41. The average molecular weight is 340 g/mol. The van der Waals surface area contributed by atoms with Crippen LogP contribution < -0.4 is 4.90 Å². The fourth-order valence-electron chi connectivity index (χ4n) is 2.48. The predicted octanol–water partition coefficient (Wildman–Crippen LogP) is 2.83. The number of hydrogen-bond acceptors (Lipinski definition) is 5. The fraction of sp³-hybridized carbons (Fsp3) is 0.583. The Kier molecular flexibility index (Phi) is 2.84. The van der Waals surface area contributed by atoms with Crippen molar-refractivity contribution < 1.29 is 0 Å². The van der Waals surface area contributed by atoms with E-state index in [1.807, 2.05) is 17.1 Å². The van der Waals surface area contributed by atoms with Crippen molar-refractivity contribution in [2.24, 2.45) is 0 Å². The van der Waals surface area contributed by atoms with Gasteiger partial charge in [0.15, 0.2) is 0 Å². The third-order valence-electron chi connectivity index (χ3n) is 3.98. The van der Waals surface area contributed by atoms with Crippen LogP contribution in [-0.4, -0.2) is 32.2 Å². The topological polar surface area (TPSA) is 46.8 Å². The van der Waals surface area contributed by atoms with Gasteiger partial charge >= 0.3 is 0 Å². The molecule has 0 aromatic carbocycles. The molecule has 5 nitrogen and oxygen atoms in total. The smallest absolute Gasteiger partial charge is 0.205 e. The van der Waals surface area contributed by atoms with Crippen LogP contribution in [0.3, 0.4) is 0 Å². The Morgan fingerprint density at radius 1 is 1.32 bits per heavy atom. The summed E-state index contributed by atoms with van der Waals surface area (Å²) in [4.78, 5) is 6.97. The number of hydrogen-bond donors (Lipinski definition) is 0. The summed E-state index contributed by atoms with van der Waals surface area (Å²) in [5.74, 6) is 1.70. The highest BCUT2D eigenvalue weighted by atomic mass is 79.9. The van der Waals surface area contributed by atoms with Gasteiger partial charge in [-0.1, -0.05) is 6.42 Å². The largest absolute Gasteiger partial charge is 0.342 e. The van der Waals surface area contributed by atoms with Crippen molar-refractivity contribution in [3.05, 3.63) is 22.7 Å². The molecule has 7 heteroatoms. The van der Waals surface area contributed by atoms with Crippen LogP contribution in [0.15, 0.2) is 16.9 Å². The summed E-state index contributed by atoms with van der Waals surface area (Å²) in [5.41, 5.74) is 0. The SMILES string of the molecule is Brc1cnn(C2CN(c3nc(C4CCC4)ns3)C2)c1. The molecule has 4 rings (SSSR count). The molecule has 1 saturated heterocycles. The van der Waals surface area contributed by atoms with Crippen LogP contribution in [0.2, 0.25) is 0 Å². The van der Waals surface area contributed by atoms with E-state index in [1.54, 1.807) is 0 Å². The maximum atomic E-state index is 4.68. The highest BCUT2D eigenvalue weighted by Gasteiger charge is 2.32. The second kappa shape index (κ2) is 4.56. The van der Waals surface area contributed by atoms with Gasteiger partial charge in [-0.05, 0) is 28.8 Å². The Hall–Kier alpha value is -0.950. The molecule has 0 amide bonds. The number of rotatable bonds is 3. The van der Waals surface area contributed by atoms with Crippen LogP contribution >= 0.6 is 27.5 Å². The minimum atomic E-state index is 0.461. The van der Waals surface area contributed by atoms with Crippen molar-refractivity contribution >= 4 is 32.6 Å².